The van der Waals surface area contributed by atoms with Crippen LogP contribution in [0.3, 0.4) is 0 Å². The van der Waals surface area contributed by atoms with Crippen LogP contribution in [0, 0.1) is 11.8 Å². The zero-order valence-electron chi connectivity index (χ0n) is 47.8. The molecule has 4 heterocycles. The largest absolute Gasteiger partial charge is 0.462 e. The number of ether oxygens (including phenoxy) is 9. The van der Waals surface area contributed by atoms with Gasteiger partial charge in [0.15, 0.2) is 41.4 Å². The molecule has 17 atom stereocenters. The van der Waals surface area contributed by atoms with E-state index in [0.717, 1.165) is 6.42 Å². The Balaban J connectivity index is 1.84. The van der Waals surface area contributed by atoms with Gasteiger partial charge < -0.3 is 61.5 Å². The molecule has 2 bridgehead atoms. The number of carbonyl (C=O) groups is 3. The van der Waals surface area contributed by atoms with Gasteiger partial charge in [-0.3, -0.25) is 14.4 Å². The molecule has 0 saturated carbocycles. The highest BCUT2D eigenvalue weighted by Gasteiger charge is 2.56. The summed E-state index contributed by atoms with van der Waals surface area (Å²) < 4.78 is 73.2. The van der Waals surface area contributed by atoms with Crippen molar-refractivity contribution in [1.82, 2.24) is 4.90 Å². The number of fused-ring (bicyclic) bond motifs is 3. The zero-order chi connectivity index (χ0) is 54.3. The van der Waals surface area contributed by atoms with Gasteiger partial charge >= 0.3 is 17.9 Å². The van der Waals surface area contributed by atoms with Crippen molar-refractivity contribution < 1.29 is 71.0 Å². The number of unbranched alkanes of at least 4 members (excludes halogenated alkanes) is 1. The first-order valence-corrected chi connectivity index (χ1v) is 32.5. The number of likely N-dealkylation sites (N-methyl/N-ethyl adjacent to an activating group) is 1. The topological polar surface area (TPSA) is 176 Å². The van der Waals surface area contributed by atoms with Crippen molar-refractivity contribution in [2.24, 2.45) is 11.8 Å². The Bertz CT molecular complexity index is 1810. The van der Waals surface area contributed by atoms with E-state index < -0.39 is 120 Å². The van der Waals surface area contributed by atoms with Gasteiger partial charge in [-0.25, -0.2) is 0 Å². The first-order valence-electron chi connectivity index (χ1n) is 26.7. The first-order chi connectivity index (χ1) is 33.2. The molecule has 3 saturated heterocycles. The Morgan fingerprint density at radius 3 is 2.04 bits per heavy atom. The van der Waals surface area contributed by atoms with Gasteiger partial charge in [-0.1, -0.05) is 86.1 Å². The van der Waals surface area contributed by atoms with Crippen molar-refractivity contribution in [3.05, 3.63) is 24.3 Å². The molecule has 416 valence electrons. The molecule has 0 aromatic heterocycles. The molecule has 72 heavy (non-hydrogen) atoms. The number of nitrogens with zero attached hydrogens (tertiary/aromatic N) is 1. The maximum atomic E-state index is 14.0. The van der Waals surface area contributed by atoms with Gasteiger partial charge in [-0.2, -0.15) is 0 Å². The van der Waals surface area contributed by atoms with E-state index in [4.69, 9.17) is 51.5 Å². The second kappa shape index (κ2) is 25.8. The van der Waals surface area contributed by atoms with Crippen molar-refractivity contribution in [2.45, 2.75) is 269 Å². The van der Waals surface area contributed by atoms with Crippen LogP contribution in [0.15, 0.2) is 24.3 Å². The van der Waals surface area contributed by atoms with E-state index in [0.29, 0.717) is 25.7 Å². The molecule has 4 aliphatic heterocycles. The zero-order valence-corrected chi connectivity index (χ0v) is 49.8. The molecule has 0 aromatic rings. The first kappa shape index (κ1) is 62.5. The Morgan fingerprint density at radius 2 is 1.47 bits per heavy atom. The molecule has 0 spiro atoms. The van der Waals surface area contributed by atoms with Crippen LogP contribution >= 0.6 is 0 Å². The summed E-state index contributed by atoms with van der Waals surface area (Å²) in [5, 5.41) is 11.5. The van der Waals surface area contributed by atoms with E-state index in [9.17, 15) is 19.5 Å². The van der Waals surface area contributed by atoms with Crippen molar-refractivity contribution >= 4 is 34.5 Å². The summed E-state index contributed by atoms with van der Waals surface area (Å²) in [7, 11) is 0.529. The second-order valence-corrected chi connectivity index (χ2v) is 34.1. The number of esters is 3. The number of rotatable bonds is 15. The van der Waals surface area contributed by atoms with Crippen LogP contribution in [-0.4, -0.2) is 157 Å². The van der Waals surface area contributed by atoms with Gasteiger partial charge in [0.2, 0.25) is 0 Å². The van der Waals surface area contributed by atoms with Crippen LogP contribution in [-0.2, 0) is 65.9 Å². The molecule has 1 unspecified atom stereocenters. The molecule has 16 nitrogen and oxygen atoms in total. The third-order valence-electron chi connectivity index (χ3n) is 15.9. The molecule has 0 amide bonds. The predicted molar refractivity (Wildman–Crippen MR) is 281 cm³/mol. The van der Waals surface area contributed by atoms with Gasteiger partial charge in [-0.05, 0) is 103 Å². The van der Waals surface area contributed by atoms with Crippen molar-refractivity contribution in [1.29, 1.82) is 0 Å². The van der Waals surface area contributed by atoms with Gasteiger partial charge in [0.25, 0.3) is 0 Å². The highest BCUT2D eigenvalue weighted by molar-refractivity contribution is 6.74. The van der Waals surface area contributed by atoms with E-state index in [1.54, 1.807) is 21.0 Å². The molecular formula is C54H97NO15Si2. The third kappa shape index (κ3) is 16.7. The summed E-state index contributed by atoms with van der Waals surface area (Å²) in [6.07, 6.45) is 1.03. The van der Waals surface area contributed by atoms with Crippen LogP contribution < -0.4 is 0 Å². The maximum absolute atomic E-state index is 14.0. The number of hydrogen-bond donors (Lipinski definition) is 1. The molecule has 0 aliphatic carbocycles. The second-order valence-electron chi connectivity index (χ2n) is 24.6. The Labute approximate surface area is 435 Å². The van der Waals surface area contributed by atoms with Crippen LogP contribution in [0.25, 0.3) is 0 Å². The minimum Gasteiger partial charge on any atom is -0.462 e. The third-order valence-corrected chi connectivity index (χ3v) is 24.8. The molecule has 4 aliphatic rings. The lowest BCUT2D eigenvalue weighted by Crippen LogP contribution is -2.66. The number of hydrogen-bond acceptors (Lipinski definition) is 16. The van der Waals surface area contributed by atoms with Gasteiger partial charge in [-0.15, -0.1) is 0 Å². The maximum Gasteiger partial charge on any atom is 0.308 e. The van der Waals surface area contributed by atoms with Gasteiger partial charge in [0.1, 0.15) is 30.2 Å². The van der Waals surface area contributed by atoms with Gasteiger partial charge in [0.05, 0.1) is 43.0 Å². The monoisotopic (exact) mass is 1060 g/mol. The quantitative estimate of drug-likeness (QED) is 0.0932. The molecule has 3 fully saturated rings. The fourth-order valence-electron chi connectivity index (χ4n) is 9.79. The fraction of sp³-hybridized carbons (Fsp3) is 0.870. The minimum absolute atomic E-state index is 0.00558. The van der Waals surface area contributed by atoms with E-state index in [1.165, 1.54) is 6.92 Å². The number of allylic oxidation sites excluding steroid dienone is 2. The Kier molecular flexibility index (Phi) is 22.4. The number of methoxy groups -OCH3 is 1. The van der Waals surface area contributed by atoms with Crippen molar-refractivity contribution in [2.75, 3.05) is 21.2 Å². The summed E-state index contributed by atoms with van der Waals surface area (Å²) in [4.78, 5) is 41.8. The lowest BCUT2D eigenvalue weighted by molar-refractivity contribution is -0.344. The molecule has 0 radical (unpaired) electrons. The van der Waals surface area contributed by atoms with E-state index in [-0.39, 0.29) is 47.3 Å². The lowest BCUT2D eigenvalue weighted by atomic mass is 9.83. The SMILES string of the molecule is CCCCC(=O)O[C@H]1[C@H](C)O[C@@H](O[C@H]2[C@H](N(C)C)[C@@H](OC(C)=O)[C@H](O[C@H]3[C@H]4CC(O[Si](C)(C)C(C)(C)C)O[C@H](CC(=O)O[C@H](C)C/C=C/C=C/[C@H](O[Si](C)(C)C(C)(C)C)[C@H](C)C4)[C@@H]3OC)O[C@@H]2C)C[C@@]1(C)O. The average Bonchev–Trinajstić information content (AvgIpc) is 3.35. The molecule has 4 rings (SSSR count). The highest BCUT2D eigenvalue weighted by atomic mass is 28.4. The number of cyclic esters (lactones) is 1. The van der Waals surface area contributed by atoms with E-state index >= 15 is 0 Å². The molecule has 0 aromatic carbocycles. The molecule has 1 N–H and O–H groups in total. The normalized spacial score (nSPS) is 37.9. The van der Waals surface area contributed by atoms with Crippen molar-refractivity contribution in [3.8, 4) is 0 Å². The Hall–Kier alpha value is -2.08. The van der Waals surface area contributed by atoms with Crippen molar-refractivity contribution in [3.63, 3.8) is 0 Å². The fourth-order valence-corrected chi connectivity index (χ4v) is 12.3. The summed E-state index contributed by atoms with van der Waals surface area (Å²) in [6.45, 7) is 34.8. The predicted octanol–water partition coefficient (Wildman–Crippen LogP) is 9.37. The average molecular weight is 1060 g/mol. The number of aliphatic hydroxyl groups is 1. The summed E-state index contributed by atoms with van der Waals surface area (Å²) >= 11 is 0. The van der Waals surface area contributed by atoms with Crippen LogP contribution in [0.2, 0.25) is 36.3 Å². The van der Waals surface area contributed by atoms with E-state index in [2.05, 4.69) is 80.7 Å². The minimum atomic E-state index is -2.49. The smallest absolute Gasteiger partial charge is 0.308 e. The van der Waals surface area contributed by atoms with E-state index in [1.807, 2.05) is 58.0 Å². The van der Waals surface area contributed by atoms with Crippen LogP contribution in [0.4, 0.5) is 0 Å². The highest BCUT2D eigenvalue weighted by Crippen LogP contribution is 2.45. The standard InChI is InChI=1S/C54H97NO15Si2/c1-21-22-28-41(57)66-50-36(5)62-44(32-54(50,13)59)67-46-35(4)63-51(49(64-37(6)56)45(46)55(14)15)68-47-38-29-33(2)39(69-71(17,18)52(7,8)9)27-25-23-24-26-34(3)61-42(58)31-40(48(47)60-16)65-43(30-38)70-72(19,20)53(10,11)12/h23-25,27,33-36,38-40,43-51,59H,21-22,26,28-32H2,1-20H3/b24-23+,27-25+/t33-,34-,35-,36+,38-,39+,40-,43?,44+,45+,46-,47+,48+,49-,50+,51+,54-/m1/s1. The number of carbonyl (C=O) groups excluding carboxylic acids is 3. The lowest BCUT2D eigenvalue weighted by Gasteiger charge is -2.51. The molecular weight excluding hydrogens is 959 g/mol. The van der Waals surface area contributed by atoms with Crippen LogP contribution in [0.1, 0.15) is 141 Å². The molecule has 18 heteroatoms. The van der Waals surface area contributed by atoms with Crippen LogP contribution in [0.5, 0.6) is 0 Å². The summed E-state index contributed by atoms with van der Waals surface area (Å²) in [5.74, 6) is -1.79. The summed E-state index contributed by atoms with van der Waals surface area (Å²) in [5.41, 5.74) is -1.48. The van der Waals surface area contributed by atoms with Gasteiger partial charge in [0, 0.05) is 39.7 Å². The Morgan fingerprint density at radius 1 is 0.833 bits per heavy atom. The summed E-state index contributed by atoms with van der Waals surface area (Å²) in [6, 6.07) is -0.662.